The Morgan fingerprint density at radius 2 is 1.29 bits per heavy atom. The van der Waals surface area contributed by atoms with Gasteiger partial charge in [0.15, 0.2) is 0 Å². The third-order valence-corrected chi connectivity index (χ3v) is 2.81. The van der Waals surface area contributed by atoms with E-state index < -0.39 is 0 Å². The van der Waals surface area contributed by atoms with Crippen molar-refractivity contribution in [1.82, 2.24) is 10.6 Å². The van der Waals surface area contributed by atoms with E-state index in [1.54, 1.807) is 0 Å². The van der Waals surface area contributed by atoms with Crippen molar-refractivity contribution in [3.8, 4) is 0 Å². The highest BCUT2D eigenvalue weighted by molar-refractivity contribution is 5.77. The predicted octanol–water partition coefficient (Wildman–Crippen LogP) is 1.50. The molecular weight excluding hydrogens is 312 g/mol. The minimum atomic E-state index is -0.127. The molecule has 144 valence electrons. The standard InChI is InChI=1S/C15H30N2O5.C2H6/c1-3-14(18)16-7-11-21-9-5-4-6-10-22-12-8-17-15(19)13-20-2;1-2/h3-13H2,1-2H3,(H,16,18)(H,17,19);1-2H3. The number of ether oxygens (including phenoxy) is 3. The average molecular weight is 348 g/mol. The smallest absolute Gasteiger partial charge is 0.246 e. The first-order valence-electron chi connectivity index (χ1n) is 8.88. The lowest BCUT2D eigenvalue weighted by molar-refractivity contribution is -0.125. The molecule has 0 fully saturated rings. The molecule has 0 atom stereocenters. The molecule has 7 heteroatoms. The van der Waals surface area contributed by atoms with Gasteiger partial charge >= 0.3 is 0 Å². The topological polar surface area (TPSA) is 85.9 Å². The van der Waals surface area contributed by atoms with E-state index in [0.717, 1.165) is 19.3 Å². The number of nitrogens with one attached hydrogen (secondary N) is 2. The van der Waals surface area contributed by atoms with Crippen molar-refractivity contribution >= 4 is 11.8 Å². The number of carbonyl (C=O) groups excluding carboxylic acids is 2. The van der Waals surface area contributed by atoms with E-state index in [1.165, 1.54) is 7.11 Å². The molecule has 2 N–H and O–H groups in total. The summed E-state index contributed by atoms with van der Waals surface area (Å²) < 4.78 is 15.5. The molecule has 24 heavy (non-hydrogen) atoms. The lowest BCUT2D eigenvalue weighted by Crippen LogP contribution is -2.30. The van der Waals surface area contributed by atoms with Gasteiger partial charge in [-0.3, -0.25) is 9.59 Å². The molecule has 0 spiro atoms. The number of methoxy groups -OCH3 is 1. The van der Waals surface area contributed by atoms with E-state index >= 15 is 0 Å². The second-order valence-corrected chi connectivity index (χ2v) is 4.77. The minimum Gasteiger partial charge on any atom is -0.380 e. The summed E-state index contributed by atoms with van der Waals surface area (Å²) in [6, 6.07) is 0. The number of hydrogen-bond acceptors (Lipinski definition) is 5. The summed E-state index contributed by atoms with van der Waals surface area (Å²) >= 11 is 0. The van der Waals surface area contributed by atoms with E-state index in [0.29, 0.717) is 45.9 Å². The van der Waals surface area contributed by atoms with Crippen LogP contribution in [0.15, 0.2) is 0 Å². The minimum absolute atomic E-state index is 0.0548. The van der Waals surface area contributed by atoms with E-state index in [-0.39, 0.29) is 18.4 Å². The molecule has 0 heterocycles. The summed E-state index contributed by atoms with van der Waals surface area (Å²) in [4.78, 5) is 22.0. The summed E-state index contributed by atoms with van der Waals surface area (Å²) in [7, 11) is 1.49. The number of unbranched alkanes of at least 4 members (excludes halogenated alkanes) is 2. The molecule has 0 aliphatic heterocycles. The first-order chi connectivity index (χ1) is 11.7. The van der Waals surface area contributed by atoms with Crippen molar-refractivity contribution in [3.63, 3.8) is 0 Å². The average Bonchev–Trinajstić information content (AvgIpc) is 2.60. The molecule has 0 aliphatic rings. The Bertz CT molecular complexity index is 288. The third kappa shape index (κ3) is 20.8. The van der Waals surface area contributed by atoms with Gasteiger partial charge in [-0.15, -0.1) is 0 Å². The lowest BCUT2D eigenvalue weighted by Gasteiger charge is -2.07. The summed E-state index contributed by atoms with van der Waals surface area (Å²) in [6.07, 6.45) is 3.50. The van der Waals surface area contributed by atoms with Crippen molar-refractivity contribution in [1.29, 1.82) is 0 Å². The quantitative estimate of drug-likeness (QED) is 0.438. The van der Waals surface area contributed by atoms with Crippen molar-refractivity contribution in [2.45, 2.75) is 46.5 Å². The molecule has 0 unspecified atom stereocenters. The summed E-state index contributed by atoms with van der Waals surface area (Å²) in [5.74, 6) is -0.0717. The molecule has 7 nitrogen and oxygen atoms in total. The highest BCUT2D eigenvalue weighted by Crippen LogP contribution is 1.96. The molecule has 2 amide bonds. The Morgan fingerprint density at radius 3 is 1.75 bits per heavy atom. The van der Waals surface area contributed by atoms with Crippen molar-refractivity contribution in [2.75, 3.05) is 53.2 Å². The van der Waals surface area contributed by atoms with Gasteiger partial charge in [-0.2, -0.15) is 0 Å². The Balaban J connectivity index is 0. The Hall–Kier alpha value is -1.18. The second kappa shape index (κ2) is 21.8. The molecule has 0 aromatic heterocycles. The predicted molar refractivity (Wildman–Crippen MR) is 95.0 cm³/mol. The largest absolute Gasteiger partial charge is 0.380 e. The molecule has 0 radical (unpaired) electrons. The maximum atomic E-state index is 11.1. The summed E-state index contributed by atoms with van der Waals surface area (Å²) in [5, 5.41) is 5.44. The zero-order valence-electron chi connectivity index (χ0n) is 15.8. The fourth-order valence-electron chi connectivity index (χ4n) is 1.62. The van der Waals surface area contributed by atoms with Crippen LogP contribution in [-0.4, -0.2) is 65.0 Å². The first kappa shape index (κ1) is 25.1. The number of rotatable bonds is 15. The van der Waals surface area contributed by atoms with Gasteiger partial charge in [0, 0.05) is 39.8 Å². The van der Waals surface area contributed by atoms with Crippen LogP contribution in [0.4, 0.5) is 0 Å². The highest BCUT2D eigenvalue weighted by Gasteiger charge is 1.98. The highest BCUT2D eigenvalue weighted by atomic mass is 16.5. The van der Waals surface area contributed by atoms with Crippen molar-refractivity contribution < 1.29 is 23.8 Å². The normalized spacial score (nSPS) is 9.83. The molecular formula is C17H36N2O5. The van der Waals surface area contributed by atoms with E-state index in [2.05, 4.69) is 10.6 Å². The van der Waals surface area contributed by atoms with Crippen LogP contribution in [-0.2, 0) is 23.8 Å². The zero-order chi connectivity index (χ0) is 18.5. The van der Waals surface area contributed by atoms with Gasteiger partial charge in [0.2, 0.25) is 11.8 Å². The third-order valence-electron chi connectivity index (χ3n) is 2.81. The Labute approximate surface area is 146 Å². The second-order valence-electron chi connectivity index (χ2n) is 4.77. The van der Waals surface area contributed by atoms with Gasteiger partial charge in [-0.1, -0.05) is 20.8 Å². The Kier molecular flexibility index (Phi) is 22.8. The van der Waals surface area contributed by atoms with Crippen molar-refractivity contribution in [3.05, 3.63) is 0 Å². The molecule has 0 aliphatic carbocycles. The zero-order valence-corrected chi connectivity index (χ0v) is 15.8. The summed E-state index contributed by atoms with van der Waals surface area (Å²) in [5.41, 5.74) is 0. The number of hydrogen-bond donors (Lipinski definition) is 2. The van der Waals surface area contributed by atoms with Gasteiger partial charge < -0.3 is 24.8 Å². The fourth-order valence-corrected chi connectivity index (χ4v) is 1.62. The van der Waals surface area contributed by atoms with E-state index in [1.807, 2.05) is 20.8 Å². The van der Waals surface area contributed by atoms with Gasteiger partial charge in [0.25, 0.3) is 0 Å². The maximum Gasteiger partial charge on any atom is 0.246 e. The SMILES string of the molecule is CC.CCC(=O)NCCOCCCCCOCCNC(=O)COC. The van der Waals surface area contributed by atoms with Crippen LogP contribution < -0.4 is 10.6 Å². The fraction of sp³-hybridized carbons (Fsp3) is 0.882. The van der Waals surface area contributed by atoms with Crippen LogP contribution in [0.1, 0.15) is 46.5 Å². The molecule has 0 aromatic carbocycles. The van der Waals surface area contributed by atoms with Crippen molar-refractivity contribution in [2.24, 2.45) is 0 Å². The van der Waals surface area contributed by atoms with Crippen LogP contribution in [0.2, 0.25) is 0 Å². The van der Waals surface area contributed by atoms with E-state index in [4.69, 9.17) is 14.2 Å². The lowest BCUT2D eigenvalue weighted by atomic mass is 10.2. The monoisotopic (exact) mass is 348 g/mol. The number of carbonyl (C=O) groups is 2. The van der Waals surface area contributed by atoms with Crippen LogP contribution >= 0.6 is 0 Å². The molecule has 0 saturated heterocycles. The molecule has 0 rings (SSSR count). The van der Waals surface area contributed by atoms with Gasteiger partial charge in [0.1, 0.15) is 6.61 Å². The maximum absolute atomic E-state index is 11.1. The van der Waals surface area contributed by atoms with Gasteiger partial charge in [0.05, 0.1) is 13.2 Å². The van der Waals surface area contributed by atoms with Crippen LogP contribution in [0.5, 0.6) is 0 Å². The summed E-state index contributed by atoms with van der Waals surface area (Å²) in [6.45, 7) is 9.46. The Morgan fingerprint density at radius 1 is 0.792 bits per heavy atom. The van der Waals surface area contributed by atoms with Gasteiger partial charge in [-0.25, -0.2) is 0 Å². The van der Waals surface area contributed by atoms with Crippen LogP contribution in [0.3, 0.4) is 0 Å². The van der Waals surface area contributed by atoms with Crippen LogP contribution in [0.25, 0.3) is 0 Å². The van der Waals surface area contributed by atoms with Gasteiger partial charge in [-0.05, 0) is 19.3 Å². The van der Waals surface area contributed by atoms with Crippen LogP contribution in [0, 0.1) is 0 Å². The molecule has 0 aromatic rings. The van der Waals surface area contributed by atoms with E-state index in [9.17, 15) is 9.59 Å². The first-order valence-corrected chi connectivity index (χ1v) is 8.88. The molecule has 0 bridgehead atoms. The molecule has 0 saturated carbocycles. The number of amides is 2.